The van der Waals surface area contributed by atoms with Crippen molar-refractivity contribution in [3.63, 3.8) is 0 Å². The number of nitrogens with zero attached hydrogens (tertiary/aromatic N) is 3. The zero-order valence-electron chi connectivity index (χ0n) is 8.80. The van der Waals surface area contributed by atoms with Gasteiger partial charge in [0.1, 0.15) is 12.9 Å². The number of hydrogen-bond acceptors (Lipinski definition) is 4. The zero-order valence-corrected chi connectivity index (χ0v) is 8.80. The molecule has 1 aromatic rings. The van der Waals surface area contributed by atoms with E-state index < -0.39 is 18.5 Å². The second kappa shape index (κ2) is 5.69. The van der Waals surface area contributed by atoms with E-state index in [0.29, 0.717) is 18.8 Å². The van der Waals surface area contributed by atoms with Gasteiger partial charge < -0.3 is 15.7 Å². The molecule has 8 heteroatoms. The maximum Gasteiger partial charge on any atom is 0.323 e. The van der Waals surface area contributed by atoms with Crippen LogP contribution >= 0.6 is 0 Å². The van der Waals surface area contributed by atoms with Gasteiger partial charge in [-0.25, -0.2) is 9.78 Å². The fraction of sp³-hybridized carbons (Fsp3) is 0.500. The summed E-state index contributed by atoms with van der Waals surface area (Å²) in [7, 11) is 1.75. The predicted molar refractivity (Wildman–Crippen MR) is 53.7 cm³/mol. The van der Waals surface area contributed by atoms with Gasteiger partial charge >= 0.3 is 12.0 Å². The second-order valence-corrected chi connectivity index (χ2v) is 3.09. The monoisotopic (exact) mass is 227 g/mol. The van der Waals surface area contributed by atoms with Crippen molar-refractivity contribution >= 4 is 12.0 Å². The summed E-state index contributed by atoms with van der Waals surface area (Å²) in [4.78, 5) is 25.1. The van der Waals surface area contributed by atoms with Crippen LogP contribution in [-0.4, -0.2) is 45.0 Å². The molecule has 0 saturated carbocycles. The van der Waals surface area contributed by atoms with Crippen molar-refractivity contribution in [2.75, 3.05) is 13.1 Å². The van der Waals surface area contributed by atoms with E-state index in [1.54, 1.807) is 18.1 Å². The van der Waals surface area contributed by atoms with E-state index in [1.165, 1.54) is 0 Å². The molecular formula is C8H13N5O3. The van der Waals surface area contributed by atoms with Crippen LogP contribution in [0, 0.1) is 0 Å². The number of aryl methyl sites for hydroxylation is 1. The van der Waals surface area contributed by atoms with Crippen LogP contribution in [0.2, 0.25) is 0 Å². The van der Waals surface area contributed by atoms with Crippen LogP contribution < -0.4 is 10.6 Å². The first-order valence-corrected chi connectivity index (χ1v) is 4.66. The Labute approximate surface area is 91.7 Å². The van der Waals surface area contributed by atoms with E-state index >= 15 is 0 Å². The van der Waals surface area contributed by atoms with Gasteiger partial charge in [0.05, 0.1) is 0 Å². The summed E-state index contributed by atoms with van der Waals surface area (Å²) >= 11 is 0. The Balaban J connectivity index is 2.15. The lowest BCUT2D eigenvalue weighted by Crippen LogP contribution is -2.39. The fourth-order valence-corrected chi connectivity index (χ4v) is 1.00. The molecule has 8 nitrogen and oxygen atoms in total. The van der Waals surface area contributed by atoms with Gasteiger partial charge in [-0.15, -0.1) is 0 Å². The number of amides is 2. The predicted octanol–water partition coefficient (Wildman–Crippen LogP) is -1.26. The molecule has 1 heterocycles. The van der Waals surface area contributed by atoms with Gasteiger partial charge in [-0.2, -0.15) is 5.10 Å². The highest BCUT2D eigenvalue weighted by atomic mass is 16.4. The summed E-state index contributed by atoms with van der Waals surface area (Å²) in [5.74, 6) is -0.456. The van der Waals surface area contributed by atoms with E-state index in [4.69, 9.17) is 5.11 Å². The molecule has 0 aliphatic heterocycles. The van der Waals surface area contributed by atoms with Gasteiger partial charge in [0.25, 0.3) is 0 Å². The molecule has 0 atom stereocenters. The van der Waals surface area contributed by atoms with E-state index in [9.17, 15) is 9.59 Å². The summed E-state index contributed by atoms with van der Waals surface area (Å²) < 4.78 is 1.57. The third kappa shape index (κ3) is 4.40. The molecule has 0 unspecified atom stereocenters. The van der Waals surface area contributed by atoms with Crippen molar-refractivity contribution in [3.05, 3.63) is 12.2 Å². The first-order chi connectivity index (χ1) is 7.58. The van der Waals surface area contributed by atoms with Gasteiger partial charge in [-0.1, -0.05) is 0 Å². The largest absolute Gasteiger partial charge is 0.480 e. The minimum absolute atomic E-state index is 0.357. The number of hydrogen-bond donors (Lipinski definition) is 3. The van der Waals surface area contributed by atoms with E-state index in [2.05, 4.69) is 20.7 Å². The molecule has 16 heavy (non-hydrogen) atoms. The highest BCUT2D eigenvalue weighted by Gasteiger charge is 2.03. The lowest BCUT2D eigenvalue weighted by atomic mass is 10.4. The highest BCUT2D eigenvalue weighted by Crippen LogP contribution is 1.87. The van der Waals surface area contributed by atoms with Crippen molar-refractivity contribution in [3.8, 4) is 0 Å². The fourth-order valence-electron chi connectivity index (χ4n) is 1.00. The molecule has 1 rings (SSSR count). The third-order valence-electron chi connectivity index (χ3n) is 1.68. The van der Waals surface area contributed by atoms with Crippen molar-refractivity contribution < 1.29 is 14.7 Å². The van der Waals surface area contributed by atoms with Crippen LogP contribution in [-0.2, 0) is 18.3 Å². The van der Waals surface area contributed by atoms with Crippen LogP contribution in [0.1, 0.15) is 5.82 Å². The molecule has 0 radical (unpaired) electrons. The molecule has 2 amide bonds. The van der Waals surface area contributed by atoms with Crippen LogP contribution in [0.15, 0.2) is 6.33 Å². The Morgan fingerprint density at radius 2 is 2.25 bits per heavy atom. The van der Waals surface area contributed by atoms with Gasteiger partial charge in [-0.05, 0) is 0 Å². The number of carbonyl (C=O) groups excluding carboxylic acids is 1. The molecule has 0 bridgehead atoms. The zero-order chi connectivity index (χ0) is 12.0. The van der Waals surface area contributed by atoms with Crippen LogP contribution in [0.4, 0.5) is 4.79 Å². The Kier molecular flexibility index (Phi) is 4.25. The van der Waals surface area contributed by atoms with Crippen molar-refractivity contribution in [2.24, 2.45) is 7.05 Å². The maximum atomic E-state index is 11.0. The van der Waals surface area contributed by atoms with Gasteiger partial charge in [0.2, 0.25) is 0 Å². The van der Waals surface area contributed by atoms with Gasteiger partial charge in [0, 0.05) is 20.0 Å². The molecule has 0 aliphatic carbocycles. The summed E-state index contributed by atoms with van der Waals surface area (Å²) in [6.07, 6.45) is 2.07. The minimum Gasteiger partial charge on any atom is -0.480 e. The van der Waals surface area contributed by atoms with Crippen LogP contribution in [0.5, 0.6) is 0 Å². The van der Waals surface area contributed by atoms with Gasteiger partial charge in [0.15, 0.2) is 5.82 Å². The van der Waals surface area contributed by atoms with Crippen LogP contribution in [0.3, 0.4) is 0 Å². The average Bonchev–Trinajstić information content (AvgIpc) is 2.61. The topological polar surface area (TPSA) is 109 Å². The Bertz CT molecular complexity index is 376. The first kappa shape index (κ1) is 12.0. The summed E-state index contributed by atoms with van der Waals surface area (Å²) in [6.45, 7) is -0.0386. The van der Waals surface area contributed by atoms with Crippen molar-refractivity contribution in [2.45, 2.75) is 6.42 Å². The molecule has 0 saturated heterocycles. The normalized spacial score (nSPS) is 9.81. The molecule has 0 spiro atoms. The van der Waals surface area contributed by atoms with E-state index in [-0.39, 0.29) is 0 Å². The maximum absolute atomic E-state index is 11.0. The lowest BCUT2D eigenvalue weighted by Gasteiger charge is -2.03. The Morgan fingerprint density at radius 1 is 1.50 bits per heavy atom. The molecule has 0 aliphatic rings. The number of carboxylic acids is 1. The second-order valence-electron chi connectivity index (χ2n) is 3.09. The molecular weight excluding hydrogens is 214 g/mol. The Morgan fingerprint density at radius 3 is 2.81 bits per heavy atom. The smallest absolute Gasteiger partial charge is 0.323 e. The summed E-state index contributed by atoms with van der Waals surface area (Å²) in [6, 6.07) is -0.515. The number of rotatable bonds is 5. The highest BCUT2D eigenvalue weighted by molar-refractivity contribution is 5.79. The molecule has 3 N–H and O–H groups in total. The number of nitrogens with one attached hydrogen (secondary N) is 2. The quantitative estimate of drug-likeness (QED) is 0.581. The Hall–Kier alpha value is -2.12. The lowest BCUT2D eigenvalue weighted by molar-refractivity contribution is -0.135. The molecule has 1 aromatic heterocycles. The molecule has 0 fully saturated rings. The standard InChI is InChI=1S/C8H13N5O3/c1-13-5-11-6(12-13)2-3-9-8(16)10-4-7(14)15/h5H,2-4H2,1H3,(H,14,15)(H2,9,10,16). The van der Waals surface area contributed by atoms with Crippen LogP contribution in [0.25, 0.3) is 0 Å². The minimum atomic E-state index is -1.08. The third-order valence-corrected chi connectivity index (χ3v) is 1.68. The number of urea groups is 1. The average molecular weight is 227 g/mol. The van der Waals surface area contributed by atoms with Gasteiger partial charge in [-0.3, -0.25) is 9.48 Å². The SMILES string of the molecule is Cn1cnc(CCNC(=O)NCC(=O)O)n1. The first-order valence-electron chi connectivity index (χ1n) is 4.66. The number of carbonyl (C=O) groups is 2. The molecule has 88 valence electrons. The van der Waals surface area contributed by atoms with Crippen molar-refractivity contribution in [1.29, 1.82) is 0 Å². The number of aromatic nitrogens is 3. The number of aliphatic carboxylic acids is 1. The van der Waals surface area contributed by atoms with Crippen molar-refractivity contribution in [1.82, 2.24) is 25.4 Å². The van der Waals surface area contributed by atoms with E-state index in [1.807, 2.05) is 0 Å². The number of carboxylic acid groups (broad SMARTS) is 1. The molecule has 0 aromatic carbocycles. The summed E-state index contributed by atoms with van der Waals surface area (Å²) in [5.41, 5.74) is 0. The summed E-state index contributed by atoms with van der Waals surface area (Å²) in [5, 5.41) is 17.0. The van der Waals surface area contributed by atoms with E-state index in [0.717, 1.165) is 0 Å².